The smallest absolute Gasteiger partial charge is 0.417 e. The predicted octanol–water partition coefficient (Wildman–Crippen LogP) is 4.41. The molecule has 1 N–H and O–H groups in total. The summed E-state index contributed by atoms with van der Waals surface area (Å²) in [5.74, 6) is -0.592. The quantitative estimate of drug-likeness (QED) is 0.407. The summed E-state index contributed by atoms with van der Waals surface area (Å²) < 4.78 is 74.4. The molecule has 0 radical (unpaired) electrons. The van der Waals surface area contributed by atoms with Crippen LogP contribution in [0, 0.1) is 0 Å². The first-order chi connectivity index (χ1) is 17.4. The standard InChI is InChI=1S/C25H20F3N3O5S/c1-30-8-9-36-22-7-6-20(13-21(22)30)37(34,35)31-19(10-15-2-4-16(5-3-15)24(32)33)12-17-11-18(25(26,27)28)14-29-23(17)31/h2-7,11-14H,8-10H2,1H3,(H,32,33). The zero-order chi connectivity index (χ0) is 26.5. The lowest BCUT2D eigenvalue weighted by atomic mass is 10.1. The lowest BCUT2D eigenvalue weighted by Crippen LogP contribution is -2.29. The van der Waals surface area contributed by atoms with E-state index in [1.165, 1.54) is 42.5 Å². The van der Waals surface area contributed by atoms with Crippen molar-refractivity contribution in [2.45, 2.75) is 17.5 Å². The van der Waals surface area contributed by atoms with E-state index < -0.39 is 27.7 Å². The molecule has 0 unspecified atom stereocenters. The summed E-state index contributed by atoms with van der Waals surface area (Å²) >= 11 is 0. The average molecular weight is 532 g/mol. The lowest BCUT2D eigenvalue weighted by Gasteiger charge is -2.28. The molecular formula is C25H20F3N3O5S. The zero-order valence-electron chi connectivity index (χ0n) is 19.4. The van der Waals surface area contributed by atoms with Crippen LogP contribution in [0.2, 0.25) is 0 Å². The van der Waals surface area contributed by atoms with Crippen molar-refractivity contribution in [3.05, 3.63) is 83.2 Å². The summed E-state index contributed by atoms with van der Waals surface area (Å²) in [6.45, 7) is 1.01. The van der Waals surface area contributed by atoms with Gasteiger partial charge in [0.1, 0.15) is 12.4 Å². The Kier molecular flexibility index (Phi) is 5.86. The third-order valence-electron chi connectivity index (χ3n) is 6.15. The Morgan fingerprint density at radius 3 is 2.51 bits per heavy atom. The maximum Gasteiger partial charge on any atom is 0.417 e. The minimum Gasteiger partial charge on any atom is -0.490 e. The Bertz CT molecular complexity index is 1630. The molecule has 8 nitrogen and oxygen atoms in total. The van der Waals surface area contributed by atoms with Gasteiger partial charge in [0.15, 0.2) is 5.65 Å². The van der Waals surface area contributed by atoms with Gasteiger partial charge in [-0.3, -0.25) is 0 Å². The van der Waals surface area contributed by atoms with Gasteiger partial charge >= 0.3 is 12.1 Å². The molecule has 0 atom stereocenters. The number of aromatic nitrogens is 2. The molecule has 12 heteroatoms. The van der Waals surface area contributed by atoms with Gasteiger partial charge in [-0.2, -0.15) is 13.2 Å². The van der Waals surface area contributed by atoms with Crippen molar-refractivity contribution in [3.8, 4) is 5.75 Å². The van der Waals surface area contributed by atoms with E-state index in [-0.39, 0.29) is 33.6 Å². The number of hydrogen-bond donors (Lipinski definition) is 1. The highest BCUT2D eigenvalue weighted by molar-refractivity contribution is 7.90. The molecule has 1 aliphatic rings. The lowest BCUT2D eigenvalue weighted by molar-refractivity contribution is -0.137. The Balaban J connectivity index is 1.67. The Morgan fingerprint density at radius 1 is 1.11 bits per heavy atom. The van der Waals surface area contributed by atoms with E-state index in [9.17, 15) is 26.4 Å². The van der Waals surface area contributed by atoms with Crippen LogP contribution < -0.4 is 9.64 Å². The van der Waals surface area contributed by atoms with Gasteiger partial charge < -0.3 is 14.7 Å². The first-order valence-corrected chi connectivity index (χ1v) is 12.5. The topological polar surface area (TPSA) is 102 Å². The van der Waals surface area contributed by atoms with Crippen LogP contribution >= 0.6 is 0 Å². The number of aromatic carboxylic acids is 1. The van der Waals surface area contributed by atoms with E-state index in [1.54, 1.807) is 13.1 Å². The number of nitrogens with zero attached hydrogens (tertiary/aromatic N) is 3. The minimum atomic E-state index is -4.65. The van der Waals surface area contributed by atoms with Gasteiger partial charge in [-0.25, -0.2) is 22.2 Å². The molecule has 192 valence electrons. The van der Waals surface area contributed by atoms with Gasteiger partial charge in [0, 0.05) is 30.7 Å². The van der Waals surface area contributed by atoms with Gasteiger partial charge in [-0.15, -0.1) is 0 Å². The number of alkyl halides is 3. The van der Waals surface area contributed by atoms with E-state index in [1.807, 2.05) is 4.90 Å². The number of benzene rings is 2. The fourth-order valence-electron chi connectivity index (χ4n) is 4.24. The highest BCUT2D eigenvalue weighted by atomic mass is 32.2. The van der Waals surface area contributed by atoms with Crippen molar-refractivity contribution in [1.82, 2.24) is 8.96 Å². The molecule has 37 heavy (non-hydrogen) atoms. The molecule has 0 fully saturated rings. The summed E-state index contributed by atoms with van der Waals surface area (Å²) in [6.07, 6.45) is -4.04. The number of likely N-dealkylation sites (N-methyl/N-ethyl adjacent to an activating group) is 1. The normalized spacial score (nSPS) is 13.9. The second kappa shape index (κ2) is 8.80. The molecule has 0 spiro atoms. The highest BCUT2D eigenvalue weighted by Gasteiger charge is 2.33. The van der Waals surface area contributed by atoms with Crippen LogP contribution in [0.15, 0.2) is 65.7 Å². The first-order valence-electron chi connectivity index (χ1n) is 11.1. The van der Waals surface area contributed by atoms with Crippen molar-refractivity contribution in [2.75, 3.05) is 25.1 Å². The van der Waals surface area contributed by atoms with Crippen molar-refractivity contribution in [1.29, 1.82) is 0 Å². The van der Waals surface area contributed by atoms with Crippen LogP contribution in [0.3, 0.4) is 0 Å². The number of hydrogen-bond acceptors (Lipinski definition) is 6. The van der Waals surface area contributed by atoms with Gasteiger partial charge in [0.25, 0.3) is 10.0 Å². The van der Waals surface area contributed by atoms with Gasteiger partial charge in [-0.05, 0) is 48.0 Å². The SMILES string of the molecule is CN1CCOc2ccc(S(=O)(=O)n3c(Cc4ccc(C(=O)O)cc4)cc4cc(C(F)(F)F)cnc43)cc21. The fourth-order valence-corrected chi connectivity index (χ4v) is 5.76. The number of anilines is 1. The Hall–Kier alpha value is -4.06. The number of fused-ring (bicyclic) bond motifs is 2. The second-order valence-electron chi connectivity index (χ2n) is 8.62. The number of ether oxygens (including phenoxy) is 1. The highest BCUT2D eigenvalue weighted by Crippen LogP contribution is 2.36. The molecule has 2 aromatic heterocycles. The van der Waals surface area contributed by atoms with E-state index >= 15 is 0 Å². The van der Waals surface area contributed by atoms with E-state index in [0.717, 1.165) is 10.0 Å². The van der Waals surface area contributed by atoms with Gasteiger partial charge in [0.2, 0.25) is 0 Å². The average Bonchev–Trinajstić information content (AvgIpc) is 3.21. The second-order valence-corrected chi connectivity index (χ2v) is 10.4. The van der Waals surface area contributed by atoms with Crippen molar-refractivity contribution in [3.63, 3.8) is 0 Å². The molecule has 0 saturated heterocycles. The van der Waals surface area contributed by atoms with Crippen molar-refractivity contribution < 1.29 is 36.2 Å². The van der Waals surface area contributed by atoms with Crippen LogP contribution in [-0.4, -0.2) is 48.6 Å². The summed E-state index contributed by atoms with van der Waals surface area (Å²) in [7, 11) is -2.50. The maximum atomic E-state index is 13.9. The summed E-state index contributed by atoms with van der Waals surface area (Å²) in [6, 6.07) is 12.4. The molecule has 0 bridgehead atoms. The van der Waals surface area contributed by atoms with Crippen LogP contribution in [0.25, 0.3) is 11.0 Å². The van der Waals surface area contributed by atoms with E-state index in [4.69, 9.17) is 9.84 Å². The summed E-state index contributed by atoms with van der Waals surface area (Å²) in [5, 5.41) is 9.14. The van der Waals surface area contributed by atoms with E-state index in [0.29, 0.717) is 36.3 Å². The van der Waals surface area contributed by atoms with Gasteiger partial charge in [0.05, 0.1) is 28.3 Å². The first kappa shape index (κ1) is 24.6. The zero-order valence-corrected chi connectivity index (χ0v) is 20.2. The van der Waals surface area contributed by atoms with Crippen molar-refractivity contribution >= 4 is 32.7 Å². The Morgan fingerprint density at radius 2 is 1.84 bits per heavy atom. The van der Waals surface area contributed by atoms with Crippen LogP contribution in [0.4, 0.5) is 18.9 Å². The monoisotopic (exact) mass is 531 g/mol. The van der Waals surface area contributed by atoms with Crippen LogP contribution in [0.1, 0.15) is 27.2 Å². The maximum absolute atomic E-state index is 13.9. The number of carboxylic acid groups (broad SMARTS) is 1. The Labute approximate surface area is 209 Å². The predicted molar refractivity (Wildman–Crippen MR) is 129 cm³/mol. The number of carboxylic acids is 1. The van der Waals surface area contributed by atoms with Crippen LogP contribution in [-0.2, 0) is 22.6 Å². The number of halogens is 3. The summed E-state index contributed by atoms with van der Waals surface area (Å²) in [5.41, 5.74) is 0.216. The molecule has 3 heterocycles. The fraction of sp³-hybridized carbons (Fsp3) is 0.200. The third kappa shape index (κ3) is 4.48. The van der Waals surface area contributed by atoms with Crippen molar-refractivity contribution in [2.24, 2.45) is 0 Å². The molecule has 5 rings (SSSR count). The third-order valence-corrected chi connectivity index (χ3v) is 7.89. The number of pyridine rings is 1. The largest absolute Gasteiger partial charge is 0.490 e. The minimum absolute atomic E-state index is 0.00476. The summed E-state index contributed by atoms with van der Waals surface area (Å²) in [4.78, 5) is 16.8. The number of rotatable bonds is 5. The molecular weight excluding hydrogens is 511 g/mol. The molecule has 0 saturated carbocycles. The van der Waals surface area contributed by atoms with E-state index in [2.05, 4.69) is 4.98 Å². The molecule has 4 aromatic rings. The van der Waals surface area contributed by atoms with Crippen LogP contribution in [0.5, 0.6) is 5.75 Å². The van der Waals surface area contributed by atoms with Gasteiger partial charge in [-0.1, -0.05) is 12.1 Å². The molecule has 0 amide bonds. The molecule has 0 aliphatic carbocycles. The number of carbonyl (C=O) groups is 1. The molecule has 1 aliphatic heterocycles. The molecule has 2 aromatic carbocycles.